The minimum absolute atomic E-state index is 0.104. The zero-order valence-electron chi connectivity index (χ0n) is 14.0. The van der Waals surface area contributed by atoms with E-state index in [1.165, 1.54) is 11.8 Å². The highest BCUT2D eigenvalue weighted by atomic mass is 32.2. The van der Waals surface area contributed by atoms with Gasteiger partial charge in [-0.1, -0.05) is 20.8 Å². The molecule has 0 aromatic heterocycles. The standard InChI is InChI=1S/C15H28N2O4S/c1-9(2)6-7-16-14(20)10(3)11(4)17-15(21)12(22-5)8-13(18)19/h9-12H,6-8H2,1-5H3,(H,16,20)(H,17,21)(H,18,19). The molecule has 0 aliphatic carbocycles. The van der Waals surface area contributed by atoms with E-state index in [-0.39, 0.29) is 30.2 Å². The second-order valence-electron chi connectivity index (χ2n) is 5.88. The second-order valence-corrected chi connectivity index (χ2v) is 6.92. The van der Waals surface area contributed by atoms with Crippen LogP contribution in [0.3, 0.4) is 0 Å². The molecule has 0 radical (unpaired) electrons. The van der Waals surface area contributed by atoms with Crippen LogP contribution in [0.5, 0.6) is 0 Å². The molecule has 0 heterocycles. The van der Waals surface area contributed by atoms with Crippen molar-refractivity contribution in [2.75, 3.05) is 12.8 Å². The van der Waals surface area contributed by atoms with Crippen LogP contribution in [0.1, 0.15) is 40.5 Å². The number of rotatable bonds is 10. The van der Waals surface area contributed by atoms with Gasteiger partial charge in [-0.15, -0.1) is 0 Å². The summed E-state index contributed by atoms with van der Waals surface area (Å²) in [5, 5.41) is 13.7. The van der Waals surface area contributed by atoms with Gasteiger partial charge in [0.15, 0.2) is 0 Å². The third kappa shape index (κ3) is 8.26. The van der Waals surface area contributed by atoms with Crippen LogP contribution in [0, 0.1) is 11.8 Å². The first-order valence-corrected chi connectivity index (χ1v) is 8.80. The topological polar surface area (TPSA) is 95.5 Å². The molecule has 3 unspecified atom stereocenters. The van der Waals surface area contributed by atoms with Gasteiger partial charge in [0.25, 0.3) is 0 Å². The molecule has 0 aromatic rings. The van der Waals surface area contributed by atoms with Crippen molar-refractivity contribution < 1.29 is 19.5 Å². The number of carboxylic acids is 1. The van der Waals surface area contributed by atoms with Gasteiger partial charge in [-0.25, -0.2) is 0 Å². The Morgan fingerprint density at radius 2 is 1.68 bits per heavy atom. The normalized spacial score (nSPS) is 15.0. The maximum atomic E-state index is 12.0. The first-order chi connectivity index (χ1) is 10.2. The summed E-state index contributed by atoms with van der Waals surface area (Å²) in [6.45, 7) is 8.30. The molecule has 22 heavy (non-hydrogen) atoms. The summed E-state index contributed by atoms with van der Waals surface area (Å²) in [6, 6.07) is -0.352. The molecule has 0 spiro atoms. The van der Waals surface area contributed by atoms with Gasteiger partial charge in [0.05, 0.1) is 17.6 Å². The number of nitrogens with one attached hydrogen (secondary N) is 2. The molecule has 6 nitrogen and oxygen atoms in total. The number of carbonyl (C=O) groups excluding carboxylic acids is 2. The number of aliphatic carboxylic acids is 1. The predicted octanol–water partition coefficient (Wildman–Crippen LogP) is 1.50. The van der Waals surface area contributed by atoms with Crippen molar-refractivity contribution in [2.45, 2.75) is 51.8 Å². The molecule has 3 N–H and O–H groups in total. The molecule has 0 bridgehead atoms. The molecule has 0 aliphatic heterocycles. The van der Waals surface area contributed by atoms with Gasteiger partial charge in [0.2, 0.25) is 11.8 Å². The number of thioether (sulfide) groups is 1. The summed E-state index contributed by atoms with van der Waals surface area (Å²) in [4.78, 5) is 34.7. The molecule has 7 heteroatoms. The van der Waals surface area contributed by atoms with Crippen LogP contribution in [0.2, 0.25) is 0 Å². The lowest BCUT2D eigenvalue weighted by Gasteiger charge is -2.23. The monoisotopic (exact) mass is 332 g/mol. The fourth-order valence-electron chi connectivity index (χ4n) is 1.76. The Morgan fingerprint density at radius 1 is 1.09 bits per heavy atom. The lowest BCUT2D eigenvalue weighted by atomic mass is 10.0. The van der Waals surface area contributed by atoms with Crippen molar-refractivity contribution in [2.24, 2.45) is 11.8 Å². The Bertz CT molecular complexity index is 388. The van der Waals surface area contributed by atoms with Gasteiger partial charge >= 0.3 is 5.97 Å². The Balaban J connectivity index is 4.37. The van der Waals surface area contributed by atoms with E-state index in [1.54, 1.807) is 20.1 Å². The van der Waals surface area contributed by atoms with Gasteiger partial charge in [0.1, 0.15) is 0 Å². The molecule has 2 amide bonds. The lowest BCUT2D eigenvalue weighted by molar-refractivity contribution is -0.138. The number of amides is 2. The average Bonchev–Trinajstić information content (AvgIpc) is 2.42. The van der Waals surface area contributed by atoms with Crippen LogP contribution in [-0.4, -0.2) is 47.0 Å². The average molecular weight is 332 g/mol. The van der Waals surface area contributed by atoms with Gasteiger partial charge in [-0.2, -0.15) is 11.8 Å². The zero-order valence-corrected chi connectivity index (χ0v) is 14.8. The fraction of sp³-hybridized carbons (Fsp3) is 0.800. The maximum Gasteiger partial charge on any atom is 0.305 e. The minimum Gasteiger partial charge on any atom is -0.481 e. The summed E-state index contributed by atoms with van der Waals surface area (Å²) in [7, 11) is 0. The SMILES string of the molecule is CSC(CC(=O)O)C(=O)NC(C)C(C)C(=O)NCCC(C)C. The van der Waals surface area contributed by atoms with E-state index in [0.717, 1.165) is 6.42 Å². The molecule has 128 valence electrons. The van der Waals surface area contributed by atoms with E-state index in [1.807, 2.05) is 0 Å². The molecular weight excluding hydrogens is 304 g/mol. The lowest BCUT2D eigenvalue weighted by Crippen LogP contribution is -2.47. The number of carbonyl (C=O) groups is 3. The van der Waals surface area contributed by atoms with E-state index >= 15 is 0 Å². The van der Waals surface area contributed by atoms with Crippen LogP contribution in [0.25, 0.3) is 0 Å². The quantitative estimate of drug-likeness (QED) is 0.563. The van der Waals surface area contributed by atoms with Gasteiger partial charge in [-0.3, -0.25) is 14.4 Å². The van der Waals surface area contributed by atoms with Gasteiger partial charge in [-0.05, 0) is 25.5 Å². The molecule has 0 saturated heterocycles. The van der Waals surface area contributed by atoms with Crippen molar-refractivity contribution in [3.63, 3.8) is 0 Å². The van der Waals surface area contributed by atoms with Crippen molar-refractivity contribution in [1.29, 1.82) is 0 Å². The summed E-state index contributed by atoms with van der Waals surface area (Å²) in [5.41, 5.74) is 0. The van der Waals surface area contributed by atoms with Crippen LogP contribution >= 0.6 is 11.8 Å². The molecule has 0 rings (SSSR count). The van der Waals surface area contributed by atoms with E-state index < -0.39 is 11.2 Å². The fourth-order valence-corrected chi connectivity index (χ4v) is 2.35. The van der Waals surface area contributed by atoms with Gasteiger partial charge < -0.3 is 15.7 Å². The Hall–Kier alpha value is -1.24. The van der Waals surface area contributed by atoms with E-state index in [4.69, 9.17) is 5.11 Å². The first kappa shape index (κ1) is 20.8. The van der Waals surface area contributed by atoms with Crippen molar-refractivity contribution in [1.82, 2.24) is 10.6 Å². The Labute approximate surface area is 136 Å². The molecular formula is C15H28N2O4S. The highest BCUT2D eigenvalue weighted by Gasteiger charge is 2.26. The largest absolute Gasteiger partial charge is 0.481 e. The van der Waals surface area contributed by atoms with E-state index in [0.29, 0.717) is 12.5 Å². The number of carboxylic acid groups (broad SMARTS) is 1. The first-order valence-electron chi connectivity index (χ1n) is 7.51. The van der Waals surface area contributed by atoms with E-state index in [9.17, 15) is 14.4 Å². The number of hydrogen-bond donors (Lipinski definition) is 3. The Kier molecular flexibility index (Phi) is 9.89. The molecule has 3 atom stereocenters. The Morgan fingerprint density at radius 3 is 2.14 bits per heavy atom. The third-order valence-corrected chi connectivity index (χ3v) is 4.44. The van der Waals surface area contributed by atoms with Crippen molar-refractivity contribution in [3.8, 4) is 0 Å². The highest BCUT2D eigenvalue weighted by Crippen LogP contribution is 2.13. The van der Waals surface area contributed by atoms with Crippen LogP contribution in [0.15, 0.2) is 0 Å². The predicted molar refractivity (Wildman–Crippen MR) is 88.8 cm³/mol. The molecule has 0 saturated carbocycles. The van der Waals surface area contributed by atoms with Crippen molar-refractivity contribution in [3.05, 3.63) is 0 Å². The second kappa shape index (κ2) is 10.5. The van der Waals surface area contributed by atoms with Crippen LogP contribution in [0.4, 0.5) is 0 Å². The smallest absolute Gasteiger partial charge is 0.305 e. The summed E-state index contributed by atoms with van der Waals surface area (Å²) < 4.78 is 0. The molecule has 0 aromatic carbocycles. The molecule has 0 fully saturated rings. The van der Waals surface area contributed by atoms with Gasteiger partial charge in [0, 0.05) is 12.6 Å². The minimum atomic E-state index is -1.01. The zero-order chi connectivity index (χ0) is 17.3. The highest BCUT2D eigenvalue weighted by molar-refractivity contribution is 7.99. The van der Waals surface area contributed by atoms with Crippen LogP contribution in [-0.2, 0) is 14.4 Å². The summed E-state index contributed by atoms with van der Waals surface area (Å²) in [5.74, 6) is -1.31. The molecule has 0 aliphatic rings. The number of hydrogen-bond acceptors (Lipinski definition) is 4. The summed E-state index contributed by atoms with van der Waals surface area (Å²) in [6.07, 6.45) is 2.38. The summed E-state index contributed by atoms with van der Waals surface area (Å²) >= 11 is 1.19. The van der Waals surface area contributed by atoms with E-state index in [2.05, 4.69) is 24.5 Å². The maximum absolute atomic E-state index is 12.0. The van der Waals surface area contributed by atoms with Crippen LogP contribution < -0.4 is 10.6 Å². The van der Waals surface area contributed by atoms with Crippen molar-refractivity contribution >= 4 is 29.5 Å². The third-order valence-electron chi connectivity index (χ3n) is 3.49.